The van der Waals surface area contributed by atoms with Crippen LogP contribution in [-0.2, 0) is 24.4 Å². The first-order valence-corrected chi connectivity index (χ1v) is 8.88. The monoisotopic (exact) mass is 359 g/mol. The molecule has 0 N–H and O–H groups in total. The number of fused-ring (bicyclic) bond motifs is 1. The second kappa shape index (κ2) is 5.81. The number of aryl methyl sites for hydroxylation is 1. The predicted molar refractivity (Wildman–Crippen MR) is 83.8 cm³/mol. The van der Waals surface area contributed by atoms with Gasteiger partial charge in [-0.1, -0.05) is 0 Å². The molecule has 4 nitrogen and oxygen atoms in total. The topological polar surface area (TPSA) is 53.8 Å². The van der Waals surface area contributed by atoms with E-state index in [0.717, 1.165) is 12.3 Å². The van der Waals surface area contributed by atoms with Gasteiger partial charge in [-0.2, -0.15) is 13.2 Å². The Morgan fingerprint density at radius 2 is 2.13 bits per heavy atom. The summed E-state index contributed by atoms with van der Waals surface area (Å²) in [6.45, 7) is 1.81. The zero-order valence-corrected chi connectivity index (χ0v) is 13.8. The molecule has 0 spiro atoms. The number of hydrogen-bond acceptors (Lipinski definition) is 4. The van der Waals surface area contributed by atoms with Gasteiger partial charge in [0, 0.05) is 19.3 Å². The van der Waals surface area contributed by atoms with Gasteiger partial charge in [-0.3, -0.25) is 0 Å². The number of thiophene rings is 1. The number of pyridine rings is 1. The summed E-state index contributed by atoms with van der Waals surface area (Å²) in [5.74, 6) is 0.933. The third-order valence-corrected chi connectivity index (χ3v) is 5.77. The second-order valence-corrected chi connectivity index (χ2v) is 7.43. The standard InChI is InChI=1S/C14H12F3N3OS2/c1-3-23(21)10-4-5-22-11(10)13-19-9-6-8(14(15,16)17)7-18-12(9)20(13)2/h4-7H,3H2,1-2H3. The van der Waals surface area contributed by atoms with E-state index in [4.69, 9.17) is 0 Å². The van der Waals surface area contributed by atoms with Crippen LogP contribution in [0.3, 0.4) is 0 Å². The smallest absolute Gasteiger partial charge is 0.417 e. The Morgan fingerprint density at radius 1 is 1.39 bits per heavy atom. The van der Waals surface area contributed by atoms with Crippen LogP contribution in [0.15, 0.2) is 28.6 Å². The van der Waals surface area contributed by atoms with E-state index in [9.17, 15) is 17.7 Å². The van der Waals surface area contributed by atoms with E-state index < -0.39 is 22.9 Å². The first-order chi connectivity index (χ1) is 10.8. The minimum atomic E-state index is -4.46. The highest BCUT2D eigenvalue weighted by atomic mass is 32.2. The molecule has 1 atom stereocenters. The second-order valence-electron chi connectivity index (χ2n) is 4.81. The highest BCUT2D eigenvalue weighted by Gasteiger charge is 2.32. The Hall–Kier alpha value is -1.58. The lowest BCUT2D eigenvalue weighted by Crippen LogP contribution is -2.05. The minimum Gasteiger partial charge on any atom is -0.611 e. The van der Waals surface area contributed by atoms with Crippen LogP contribution in [0.1, 0.15) is 12.5 Å². The van der Waals surface area contributed by atoms with E-state index in [1.165, 1.54) is 11.3 Å². The van der Waals surface area contributed by atoms with Gasteiger partial charge >= 0.3 is 6.18 Å². The number of hydrogen-bond donors (Lipinski definition) is 0. The zero-order chi connectivity index (χ0) is 16.8. The van der Waals surface area contributed by atoms with Gasteiger partial charge in [-0.25, -0.2) is 9.97 Å². The quantitative estimate of drug-likeness (QED) is 0.668. The Balaban J connectivity index is 2.16. The molecule has 0 saturated carbocycles. The maximum atomic E-state index is 12.8. The van der Waals surface area contributed by atoms with Gasteiger partial charge in [0.25, 0.3) is 0 Å². The van der Waals surface area contributed by atoms with Crippen LogP contribution in [-0.4, -0.2) is 24.8 Å². The lowest BCUT2D eigenvalue weighted by Gasteiger charge is -2.08. The Kier molecular flexibility index (Phi) is 4.11. The summed E-state index contributed by atoms with van der Waals surface area (Å²) in [7, 11) is 1.68. The van der Waals surface area contributed by atoms with Crippen molar-refractivity contribution >= 4 is 33.7 Å². The number of halogens is 3. The molecule has 0 aliphatic carbocycles. The molecule has 0 amide bonds. The molecule has 0 radical (unpaired) electrons. The normalized spacial score (nSPS) is 13.7. The van der Waals surface area contributed by atoms with Crippen LogP contribution in [0.25, 0.3) is 21.9 Å². The van der Waals surface area contributed by atoms with E-state index >= 15 is 0 Å². The fourth-order valence-electron chi connectivity index (χ4n) is 2.23. The Morgan fingerprint density at radius 3 is 2.78 bits per heavy atom. The van der Waals surface area contributed by atoms with Crippen molar-refractivity contribution in [3.05, 3.63) is 29.3 Å². The summed E-state index contributed by atoms with van der Waals surface area (Å²) in [5.41, 5.74) is -0.313. The first kappa shape index (κ1) is 16.3. The summed E-state index contributed by atoms with van der Waals surface area (Å²) in [6.07, 6.45) is -3.66. The summed E-state index contributed by atoms with van der Waals surface area (Å²) in [4.78, 5) is 9.50. The Labute approximate surface area is 137 Å². The molecule has 0 aromatic carbocycles. The molecule has 3 aromatic rings. The third kappa shape index (κ3) is 2.84. The van der Waals surface area contributed by atoms with Crippen LogP contribution < -0.4 is 0 Å². The predicted octanol–water partition coefficient (Wildman–Crippen LogP) is 3.84. The molecule has 0 aliphatic rings. The van der Waals surface area contributed by atoms with Gasteiger partial charge in [-0.05, 0) is 29.5 Å². The summed E-state index contributed by atoms with van der Waals surface area (Å²) < 4.78 is 52.1. The third-order valence-electron chi connectivity index (χ3n) is 3.38. The molecule has 23 heavy (non-hydrogen) atoms. The zero-order valence-electron chi connectivity index (χ0n) is 12.2. The van der Waals surface area contributed by atoms with Crippen molar-refractivity contribution in [2.75, 3.05) is 5.75 Å². The average molecular weight is 359 g/mol. The van der Waals surface area contributed by atoms with Gasteiger partial charge in [0.2, 0.25) is 0 Å². The van der Waals surface area contributed by atoms with E-state index in [1.54, 1.807) is 23.1 Å². The number of imidazole rings is 1. The Bertz CT molecular complexity index is 857. The van der Waals surface area contributed by atoms with Gasteiger partial charge in [-0.15, -0.1) is 11.3 Å². The lowest BCUT2D eigenvalue weighted by molar-refractivity contribution is -0.137. The maximum Gasteiger partial charge on any atom is 0.417 e. The molecule has 122 valence electrons. The maximum absolute atomic E-state index is 12.8. The van der Waals surface area contributed by atoms with Crippen LogP contribution >= 0.6 is 11.3 Å². The van der Waals surface area contributed by atoms with E-state index in [-0.39, 0.29) is 5.52 Å². The lowest BCUT2D eigenvalue weighted by atomic mass is 10.2. The van der Waals surface area contributed by atoms with Crippen molar-refractivity contribution in [1.29, 1.82) is 0 Å². The number of aromatic nitrogens is 3. The van der Waals surface area contributed by atoms with Crippen molar-refractivity contribution < 1.29 is 17.7 Å². The van der Waals surface area contributed by atoms with E-state index in [0.29, 0.717) is 27.0 Å². The largest absolute Gasteiger partial charge is 0.611 e. The van der Waals surface area contributed by atoms with E-state index in [1.807, 2.05) is 6.92 Å². The SMILES string of the molecule is CC[S+]([O-])c1ccsc1-c1nc2cc(C(F)(F)F)cnc2n1C. The van der Waals surface area contributed by atoms with Crippen molar-refractivity contribution in [2.45, 2.75) is 18.0 Å². The van der Waals surface area contributed by atoms with Gasteiger partial charge < -0.3 is 9.12 Å². The van der Waals surface area contributed by atoms with Gasteiger partial charge in [0.1, 0.15) is 16.1 Å². The number of rotatable bonds is 3. The molecule has 3 heterocycles. The van der Waals surface area contributed by atoms with Crippen molar-refractivity contribution in [3.63, 3.8) is 0 Å². The molecule has 3 aromatic heterocycles. The molecule has 9 heteroatoms. The fraction of sp³-hybridized carbons (Fsp3) is 0.286. The molecule has 0 fully saturated rings. The van der Waals surface area contributed by atoms with Gasteiger partial charge in [0.15, 0.2) is 16.4 Å². The highest BCUT2D eigenvalue weighted by molar-refractivity contribution is 7.91. The van der Waals surface area contributed by atoms with Crippen molar-refractivity contribution in [2.24, 2.45) is 7.05 Å². The molecule has 0 aliphatic heterocycles. The summed E-state index contributed by atoms with van der Waals surface area (Å²) in [5, 5.41) is 1.80. The molecule has 3 rings (SSSR count). The molecular formula is C14H12F3N3OS2. The highest BCUT2D eigenvalue weighted by Crippen LogP contribution is 2.35. The van der Waals surface area contributed by atoms with Crippen LogP contribution in [0, 0.1) is 0 Å². The number of alkyl halides is 3. The molecule has 0 bridgehead atoms. The fourth-order valence-corrected chi connectivity index (χ4v) is 4.38. The molecule has 1 unspecified atom stereocenters. The average Bonchev–Trinajstić information content (AvgIpc) is 3.10. The summed E-state index contributed by atoms with van der Waals surface area (Å²) >= 11 is 0.196. The van der Waals surface area contributed by atoms with E-state index in [2.05, 4.69) is 9.97 Å². The van der Waals surface area contributed by atoms with Crippen molar-refractivity contribution in [3.8, 4) is 10.7 Å². The van der Waals surface area contributed by atoms with Crippen LogP contribution in [0.4, 0.5) is 13.2 Å². The minimum absolute atomic E-state index is 0.166. The van der Waals surface area contributed by atoms with Crippen LogP contribution in [0.2, 0.25) is 0 Å². The number of nitrogens with zero attached hydrogens (tertiary/aromatic N) is 3. The molecule has 0 saturated heterocycles. The molecular weight excluding hydrogens is 347 g/mol. The van der Waals surface area contributed by atoms with Crippen LogP contribution in [0.5, 0.6) is 0 Å². The van der Waals surface area contributed by atoms with Crippen molar-refractivity contribution in [1.82, 2.24) is 14.5 Å². The summed E-state index contributed by atoms with van der Waals surface area (Å²) in [6, 6.07) is 2.74. The first-order valence-electron chi connectivity index (χ1n) is 6.68. The van der Waals surface area contributed by atoms with Gasteiger partial charge in [0.05, 0.1) is 5.56 Å².